The first-order chi connectivity index (χ1) is 10.3. The highest BCUT2D eigenvalue weighted by Crippen LogP contribution is 2.37. The van der Waals surface area contributed by atoms with Gasteiger partial charge >= 0.3 is 0 Å². The van der Waals surface area contributed by atoms with Crippen LogP contribution in [0.2, 0.25) is 0 Å². The zero-order valence-corrected chi connectivity index (χ0v) is 12.1. The van der Waals surface area contributed by atoms with E-state index in [-0.39, 0.29) is 0 Å². The molecule has 0 saturated carbocycles. The smallest absolute Gasteiger partial charge is 0.00211 e. The molecule has 4 aromatic rings. The summed E-state index contributed by atoms with van der Waals surface area (Å²) in [5, 5.41) is 9.97. The molecule has 4 aromatic carbocycles. The maximum Gasteiger partial charge on any atom is -0.00211 e. The Balaban J connectivity index is 2.23. The minimum atomic E-state index is 1.17. The molecule has 1 aliphatic rings. The van der Waals surface area contributed by atoms with Crippen molar-refractivity contribution in [1.82, 2.24) is 0 Å². The van der Waals surface area contributed by atoms with Gasteiger partial charge in [-0.1, -0.05) is 54.6 Å². The van der Waals surface area contributed by atoms with E-state index in [4.69, 9.17) is 0 Å². The van der Waals surface area contributed by atoms with Gasteiger partial charge in [-0.3, -0.25) is 0 Å². The lowest BCUT2D eigenvalue weighted by Gasteiger charge is -2.18. The summed E-state index contributed by atoms with van der Waals surface area (Å²) in [7, 11) is 0. The summed E-state index contributed by atoms with van der Waals surface area (Å²) in [5.41, 5.74) is 2.92. The van der Waals surface area contributed by atoms with Gasteiger partial charge in [0.1, 0.15) is 0 Å². The predicted octanol–water partition coefficient (Wildman–Crippen LogP) is 4.90. The summed E-state index contributed by atoms with van der Waals surface area (Å²) < 4.78 is 0. The van der Waals surface area contributed by atoms with Crippen molar-refractivity contribution < 1.29 is 0 Å². The number of benzene rings is 4. The molecule has 0 atom stereocenters. The van der Waals surface area contributed by atoms with Gasteiger partial charge in [0, 0.05) is 0 Å². The fraction of sp³-hybridized carbons (Fsp3) is 0.143. The summed E-state index contributed by atoms with van der Waals surface area (Å²) >= 11 is 0. The summed E-state index contributed by atoms with van der Waals surface area (Å²) in [6.07, 6.45) is 4.74. The molecule has 1 aliphatic carbocycles. The highest BCUT2D eigenvalue weighted by Gasteiger charge is 2.15. The van der Waals surface area contributed by atoms with E-state index in [0.717, 1.165) is 0 Å². The monoisotopic (exact) mass is 268 g/mol. The number of fused-ring (bicyclic) bond motifs is 2. The van der Waals surface area contributed by atoms with Crippen LogP contribution in [0.3, 0.4) is 0 Å². The highest BCUT2D eigenvalue weighted by atomic mass is 14.2. The van der Waals surface area contributed by atoms with Crippen LogP contribution in [0.5, 0.6) is 0 Å². The quantitative estimate of drug-likeness (QED) is 0.314. The van der Waals surface area contributed by atoms with Crippen LogP contribution < -0.4 is 5.22 Å². The van der Waals surface area contributed by atoms with Crippen molar-refractivity contribution in [2.24, 2.45) is 0 Å². The first kappa shape index (κ1) is 11.3. The second-order valence-electron chi connectivity index (χ2n) is 6.14. The van der Waals surface area contributed by atoms with Gasteiger partial charge in [-0.05, 0) is 68.4 Å². The lowest BCUT2D eigenvalue weighted by Crippen LogP contribution is -2.10. The molecule has 5 rings (SSSR count). The third kappa shape index (κ3) is 1.35. The lowest BCUT2D eigenvalue weighted by molar-refractivity contribution is 1.04. The van der Waals surface area contributed by atoms with Gasteiger partial charge in [0.15, 0.2) is 0 Å². The molecule has 0 fully saturated rings. The van der Waals surface area contributed by atoms with Crippen LogP contribution in [0, 0.1) is 6.92 Å². The standard InChI is InChI=1S/C21H16/c1-13-16-7-2-3-8-18(16)19-12-10-15-6-4-5-14-9-11-17(13)21(19)20(14)15/h2-3,6-12H,4-5H2,1H3. The first-order valence-electron chi connectivity index (χ1n) is 7.70. The topological polar surface area (TPSA) is 0 Å². The van der Waals surface area contributed by atoms with Crippen LogP contribution in [0.4, 0.5) is 0 Å². The molecule has 0 radical (unpaired) electrons. The molecule has 0 N–H and O–H groups in total. The Kier molecular flexibility index (Phi) is 2.08. The predicted molar refractivity (Wildman–Crippen MR) is 91.7 cm³/mol. The average Bonchev–Trinajstić information content (AvgIpc) is 2.55. The second-order valence-corrected chi connectivity index (χ2v) is 6.14. The van der Waals surface area contributed by atoms with E-state index in [2.05, 4.69) is 61.5 Å². The molecule has 0 aliphatic heterocycles. The minimum Gasteiger partial charge on any atom is -0.0763 e. The molecular formula is C21H16. The Labute approximate surface area is 123 Å². The molecule has 0 saturated heterocycles. The molecular weight excluding hydrogens is 252 g/mol. The van der Waals surface area contributed by atoms with Crippen molar-refractivity contribution >= 4 is 38.4 Å². The number of rotatable bonds is 0. The SMILES string of the molecule is Cc1c2ccccc2c2ccc3c4c(ccc1c42)CCC=3. The van der Waals surface area contributed by atoms with Gasteiger partial charge in [0.05, 0.1) is 0 Å². The largest absolute Gasteiger partial charge is 0.0763 e. The molecule has 0 heteroatoms. The molecule has 0 unspecified atom stereocenters. The van der Waals surface area contributed by atoms with Crippen LogP contribution in [0.15, 0.2) is 48.5 Å². The zero-order chi connectivity index (χ0) is 14.0. The van der Waals surface area contributed by atoms with E-state index in [1.54, 1.807) is 0 Å². The van der Waals surface area contributed by atoms with Crippen LogP contribution in [-0.4, -0.2) is 0 Å². The second kappa shape index (κ2) is 3.85. The maximum atomic E-state index is 2.39. The van der Waals surface area contributed by atoms with Crippen molar-refractivity contribution in [3.05, 3.63) is 64.9 Å². The van der Waals surface area contributed by atoms with Crippen molar-refractivity contribution in [1.29, 1.82) is 0 Å². The van der Waals surface area contributed by atoms with E-state index in [1.807, 2.05) is 0 Å². The van der Waals surface area contributed by atoms with Gasteiger partial charge in [0.25, 0.3) is 0 Å². The molecule has 0 spiro atoms. The van der Waals surface area contributed by atoms with Gasteiger partial charge in [0.2, 0.25) is 0 Å². The Hall–Kier alpha value is -2.34. The lowest BCUT2D eigenvalue weighted by atomic mass is 9.86. The van der Waals surface area contributed by atoms with Crippen LogP contribution >= 0.6 is 0 Å². The van der Waals surface area contributed by atoms with E-state index in [0.29, 0.717) is 0 Å². The van der Waals surface area contributed by atoms with Crippen LogP contribution in [0.1, 0.15) is 17.5 Å². The fourth-order valence-electron chi connectivity index (χ4n) is 4.08. The number of hydrogen-bond acceptors (Lipinski definition) is 0. The summed E-state index contributed by atoms with van der Waals surface area (Å²) in [6.45, 7) is 2.26. The van der Waals surface area contributed by atoms with Gasteiger partial charge in [-0.2, -0.15) is 0 Å². The summed E-state index contributed by atoms with van der Waals surface area (Å²) in [4.78, 5) is 0. The molecule has 0 amide bonds. The molecule has 100 valence electrons. The molecule has 21 heavy (non-hydrogen) atoms. The van der Waals surface area contributed by atoms with E-state index < -0.39 is 0 Å². The molecule has 0 nitrogen and oxygen atoms in total. The van der Waals surface area contributed by atoms with Gasteiger partial charge in [-0.15, -0.1) is 0 Å². The minimum absolute atomic E-state index is 1.17. The van der Waals surface area contributed by atoms with Crippen molar-refractivity contribution in [2.45, 2.75) is 19.8 Å². The van der Waals surface area contributed by atoms with E-state index in [1.165, 1.54) is 61.5 Å². The van der Waals surface area contributed by atoms with Crippen molar-refractivity contribution in [3.8, 4) is 0 Å². The third-order valence-electron chi connectivity index (χ3n) is 5.08. The third-order valence-corrected chi connectivity index (χ3v) is 5.08. The van der Waals surface area contributed by atoms with Crippen LogP contribution in [0.25, 0.3) is 38.4 Å². The zero-order valence-electron chi connectivity index (χ0n) is 12.1. The Bertz CT molecular complexity index is 1080. The van der Waals surface area contributed by atoms with Crippen molar-refractivity contribution in [2.75, 3.05) is 0 Å². The summed E-state index contributed by atoms with van der Waals surface area (Å²) in [6, 6.07) is 18.1. The Morgan fingerprint density at radius 1 is 0.714 bits per heavy atom. The first-order valence-corrected chi connectivity index (χ1v) is 7.70. The Morgan fingerprint density at radius 3 is 2.43 bits per heavy atom. The highest BCUT2D eigenvalue weighted by molar-refractivity contribution is 6.23. The van der Waals surface area contributed by atoms with Crippen LogP contribution in [-0.2, 0) is 6.42 Å². The molecule has 0 bridgehead atoms. The Morgan fingerprint density at radius 2 is 1.52 bits per heavy atom. The average molecular weight is 268 g/mol. The maximum absolute atomic E-state index is 2.39. The van der Waals surface area contributed by atoms with E-state index in [9.17, 15) is 0 Å². The van der Waals surface area contributed by atoms with E-state index >= 15 is 0 Å². The normalized spacial score (nSPS) is 14.0. The molecule has 0 heterocycles. The van der Waals surface area contributed by atoms with Gasteiger partial charge in [-0.25, -0.2) is 0 Å². The fourth-order valence-corrected chi connectivity index (χ4v) is 4.08. The number of hydrogen-bond donors (Lipinski definition) is 0. The number of aryl methyl sites for hydroxylation is 2. The molecule has 0 aromatic heterocycles. The van der Waals surface area contributed by atoms with Crippen molar-refractivity contribution in [3.63, 3.8) is 0 Å². The summed E-state index contributed by atoms with van der Waals surface area (Å²) in [5.74, 6) is 0. The van der Waals surface area contributed by atoms with Gasteiger partial charge < -0.3 is 0 Å².